The first-order chi connectivity index (χ1) is 13.6. The van der Waals surface area contributed by atoms with Gasteiger partial charge in [0, 0.05) is 32.0 Å². The summed E-state index contributed by atoms with van der Waals surface area (Å²) in [6.45, 7) is 5.40. The van der Waals surface area contributed by atoms with Crippen molar-refractivity contribution in [2.75, 3.05) is 0 Å². The maximum Gasteiger partial charge on any atom is 0.192 e. The summed E-state index contributed by atoms with van der Waals surface area (Å²) in [6.07, 6.45) is 7.87. The van der Waals surface area contributed by atoms with Gasteiger partial charge in [0.25, 0.3) is 0 Å². The molecule has 0 radical (unpaired) electrons. The van der Waals surface area contributed by atoms with Crippen LogP contribution in [-0.4, -0.2) is 47.6 Å². The van der Waals surface area contributed by atoms with Crippen molar-refractivity contribution in [3.8, 4) is 0 Å². The van der Waals surface area contributed by atoms with Gasteiger partial charge >= 0.3 is 0 Å². The second-order valence-corrected chi connectivity index (χ2v) is 7.87. The van der Waals surface area contributed by atoms with Crippen LogP contribution in [0.1, 0.15) is 62.3 Å². The van der Waals surface area contributed by atoms with E-state index in [1.165, 1.54) is 25.7 Å². The quantitative estimate of drug-likeness (QED) is 0.594. The van der Waals surface area contributed by atoms with E-state index in [2.05, 4.69) is 42.5 Å². The molecular weight excluding hydrogens is 354 g/mol. The summed E-state index contributed by atoms with van der Waals surface area (Å²) >= 11 is 0. The molecule has 2 N–H and O–H groups in total. The number of fused-ring (bicyclic) bond motifs is 1. The van der Waals surface area contributed by atoms with E-state index in [-0.39, 0.29) is 0 Å². The molecule has 0 amide bonds. The van der Waals surface area contributed by atoms with E-state index in [0.717, 1.165) is 55.1 Å². The van der Waals surface area contributed by atoms with Gasteiger partial charge in [-0.15, -0.1) is 10.2 Å². The molecule has 0 spiro atoms. The first kappa shape index (κ1) is 18.9. The summed E-state index contributed by atoms with van der Waals surface area (Å²) in [4.78, 5) is 9.44. The zero-order valence-corrected chi connectivity index (χ0v) is 17.1. The number of aryl methyl sites for hydroxylation is 3. The molecule has 1 aliphatic carbocycles. The van der Waals surface area contributed by atoms with Crippen LogP contribution in [0.5, 0.6) is 0 Å². The minimum absolute atomic E-state index is 0.299. The number of hydrogen-bond acceptors (Lipinski definition) is 5. The van der Waals surface area contributed by atoms with Crippen LogP contribution in [0.4, 0.5) is 0 Å². The van der Waals surface area contributed by atoms with E-state index in [0.29, 0.717) is 18.6 Å². The van der Waals surface area contributed by atoms with E-state index in [4.69, 9.17) is 4.99 Å². The van der Waals surface area contributed by atoms with Gasteiger partial charge in [-0.1, -0.05) is 19.8 Å². The van der Waals surface area contributed by atoms with Crippen molar-refractivity contribution in [3.05, 3.63) is 23.3 Å². The molecule has 9 heteroatoms. The van der Waals surface area contributed by atoms with E-state index in [1.807, 2.05) is 18.5 Å². The Morgan fingerprint density at radius 1 is 1.14 bits per heavy atom. The van der Waals surface area contributed by atoms with Crippen LogP contribution in [0.2, 0.25) is 0 Å². The van der Waals surface area contributed by atoms with E-state index >= 15 is 0 Å². The van der Waals surface area contributed by atoms with E-state index < -0.39 is 0 Å². The van der Waals surface area contributed by atoms with Crippen molar-refractivity contribution in [1.29, 1.82) is 0 Å². The SMILES string of the molecule is CCc1nc2n(n1)CC(NC(=NCc1nnc(C)n1C)NC1CCCC1)CC2. The second kappa shape index (κ2) is 8.28. The molecule has 4 rings (SSSR count). The van der Waals surface area contributed by atoms with Crippen LogP contribution in [0.15, 0.2) is 4.99 Å². The number of nitrogens with one attached hydrogen (secondary N) is 2. The van der Waals surface area contributed by atoms with Crippen LogP contribution in [0.25, 0.3) is 0 Å². The first-order valence-electron chi connectivity index (χ1n) is 10.5. The summed E-state index contributed by atoms with van der Waals surface area (Å²) in [6, 6.07) is 0.803. The van der Waals surface area contributed by atoms with Crippen molar-refractivity contribution in [2.45, 2.75) is 84.0 Å². The van der Waals surface area contributed by atoms with Gasteiger partial charge in [-0.3, -0.25) is 0 Å². The predicted octanol–water partition coefficient (Wildman–Crippen LogP) is 1.27. The van der Waals surface area contributed by atoms with Crippen molar-refractivity contribution < 1.29 is 0 Å². The highest BCUT2D eigenvalue weighted by Gasteiger charge is 2.24. The predicted molar refractivity (Wildman–Crippen MR) is 107 cm³/mol. The largest absolute Gasteiger partial charge is 0.354 e. The van der Waals surface area contributed by atoms with Gasteiger partial charge in [-0.25, -0.2) is 14.7 Å². The molecule has 1 fully saturated rings. The number of aromatic nitrogens is 6. The molecule has 2 aromatic heterocycles. The molecule has 3 heterocycles. The molecule has 2 aromatic rings. The van der Waals surface area contributed by atoms with E-state index in [1.54, 1.807) is 0 Å². The minimum atomic E-state index is 0.299. The van der Waals surface area contributed by atoms with Gasteiger partial charge < -0.3 is 15.2 Å². The second-order valence-electron chi connectivity index (χ2n) is 7.87. The van der Waals surface area contributed by atoms with Gasteiger partial charge in [0.15, 0.2) is 17.6 Å². The highest BCUT2D eigenvalue weighted by molar-refractivity contribution is 5.80. The van der Waals surface area contributed by atoms with Crippen molar-refractivity contribution in [2.24, 2.45) is 12.0 Å². The number of nitrogens with zero attached hydrogens (tertiary/aromatic N) is 7. The fourth-order valence-corrected chi connectivity index (χ4v) is 3.96. The average Bonchev–Trinajstić information content (AvgIpc) is 3.42. The van der Waals surface area contributed by atoms with Gasteiger partial charge in [0.2, 0.25) is 0 Å². The van der Waals surface area contributed by atoms with Crippen LogP contribution < -0.4 is 10.6 Å². The number of aliphatic imine (C=N–C) groups is 1. The third kappa shape index (κ3) is 4.18. The lowest BCUT2D eigenvalue weighted by atomic mass is 10.1. The average molecular weight is 386 g/mol. The lowest BCUT2D eigenvalue weighted by molar-refractivity contribution is 0.390. The van der Waals surface area contributed by atoms with Gasteiger partial charge in [-0.05, 0) is 26.2 Å². The molecule has 0 aromatic carbocycles. The molecule has 28 heavy (non-hydrogen) atoms. The molecule has 1 atom stereocenters. The lowest BCUT2D eigenvalue weighted by Crippen LogP contribution is -2.49. The van der Waals surface area contributed by atoms with Crippen molar-refractivity contribution >= 4 is 5.96 Å². The fraction of sp³-hybridized carbons (Fsp3) is 0.737. The molecule has 1 saturated carbocycles. The zero-order valence-electron chi connectivity index (χ0n) is 17.1. The number of hydrogen-bond donors (Lipinski definition) is 2. The van der Waals surface area contributed by atoms with Crippen molar-refractivity contribution in [1.82, 2.24) is 40.2 Å². The normalized spacial score (nSPS) is 20.4. The highest BCUT2D eigenvalue weighted by atomic mass is 15.4. The van der Waals surface area contributed by atoms with Crippen LogP contribution in [-0.2, 0) is 33.0 Å². The van der Waals surface area contributed by atoms with Crippen LogP contribution >= 0.6 is 0 Å². The number of guanidine groups is 1. The summed E-state index contributed by atoms with van der Waals surface area (Å²) in [7, 11) is 1.98. The van der Waals surface area contributed by atoms with Crippen LogP contribution in [0, 0.1) is 6.92 Å². The molecule has 0 saturated heterocycles. The maximum atomic E-state index is 4.83. The van der Waals surface area contributed by atoms with Gasteiger partial charge in [0.1, 0.15) is 18.2 Å². The monoisotopic (exact) mass is 385 g/mol. The molecule has 2 aliphatic rings. The smallest absolute Gasteiger partial charge is 0.192 e. The topological polar surface area (TPSA) is 97.8 Å². The standard InChI is InChI=1S/C19H31N9/c1-4-16-23-17-10-9-15(12-28(17)26-16)22-19(21-14-7-5-6-8-14)20-11-18-25-24-13(2)27(18)3/h14-15H,4-12H2,1-3H3,(H2,20,21,22). The molecule has 152 valence electrons. The first-order valence-corrected chi connectivity index (χ1v) is 10.5. The molecule has 1 unspecified atom stereocenters. The third-order valence-electron chi connectivity index (χ3n) is 5.82. The molecule has 1 aliphatic heterocycles. The van der Waals surface area contributed by atoms with Crippen LogP contribution in [0.3, 0.4) is 0 Å². The lowest BCUT2D eigenvalue weighted by Gasteiger charge is -2.27. The Kier molecular flexibility index (Phi) is 5.59. The maximum absolute atomic E-state index is 4.83. The van der Waals surface area contributed by atoms with Crippen molar-refractivity contribution in [3.63, 3.8) is 0 Å². The Morgan fingerprint density at radius 2 is 1.93 bits per heavy atom. The summed E-state index contributed by atoms with van der Waals surface area (Å²) in [5.41, 5.74) is 0. The summed E-state index contributed by atoms with van der Waals surface area (Å²) in [5, 5.41) is 20.3. The Labute approximate surface area is 166 Å². The molecular formula is C19H31N9. The zero-order chi connectivity index (χ0) is 19.5. The Hall–Kier alpha value is -2.45. The fourth-order valence-electron chi connectivity index (χ4n) is 3.96. The third-order valence-corrected chi connectivity index (χ3v) is 5.82. The van der Waals surface area contributed by atoms with E-state index in [9.17, 15) is 0 Å². The minimum Gasteiger partial charge on any atom is -0.354 e. The molecule has 9 nitrogen and oxygen atoms in total. The Balaban J connectivity index is 1.45. The molecule has 0 bridgehead atoms. The summed E-state index contributed by atoms with van der Waals surface area (Å²) in [5.74, 6) is 4.69. The Morgan fingerprint density at radius 3 is 2.64 bits per heavy atom. The highest BCUT2D eigenvalue weighted by Crippen LogP contribution is 2.18. The Bertz CT molecular complexity index is 829. The van der Waals surface area contributed by atoms with Gasteiger partial charge in [-0.2, -0.15) is 5.10 Å². The number of rotatable bonds is 5. The van der Waals surface area contributed by atoms with Gasteiger partial charge in [0.05, 0.1) is 6.54 Å². The summed E-state index contributed by atoms with van der Waals surface area (Å²) < 4.78 is 4.05.